The molecule has 2 heterocycles. The third-order valence-corrected chi connectivity index (χ3v) is 4.55. The number of carbonyl (C=O) groups excluding carboxylic acids is 5. The molecule has 0 fully saturated rings. The van der Waals surface area contributed by atoms with Gasteiger partial charge in [0, 0.05) is 12.7 Å². The Bertz CT molecular complexity index is 1020. The molecule has 5 amide bonds. The van der Waals surface area contributed by atoms with Gasteiger partial charge in [0.15, 0.2) is 0 Å². The van der Waals surface area contributed by atoms with Gasteiger partial charge >= 0.3 is 0 Å². The van der Waals surface area contributed by atoms with Crippen LogP contribution < -0.4 is 5.32 Å². The number of imide groups is 2. The summed E-state index contributed by atoms with van der Waals surface area (Å²) in [6.07, 6.45) is 0. The van der Waals surface area contributed by atoms with Crippen molar-refractivity contribution in [2.24, 2.45) is 0 Å². The van der Waals surface area contributed by atoms with Gasteiger partial charge in [-0.1, -0.05) is 12.1 Å². The van der Waals surface area contributed by atoms with E-state index in [0.717, 1.165) is 9.80 Å². The summed E-state index contributed by atoms with van der Waals surface area (Å²) in [6, 6.07) is 10.7. The Morgan fingerprint density at radius 1 is 0.815 bits per heavy atom. The molecule has 2 aromatic rings. The lowest BCUT2D eigenvalue weighted by Crippen LogP contribution is -2.37. The van der Waals surface area contributed by atoms with E-state index in [1.54, 1.807) is 12.1 Å². The van der Waals surface area contributed by atoms with Crippen LogP contribution in [0, 0.1) is 0 Å². The minimum atomic E-state index is -0.588. The molecule has 2 aliphatic rings. The highest BCUT2D eigenvalue weighted by Gasteiger charge is 2.36. The van der Waals surface area contributed by atoms with Gasteiger partial charge in [-0.05, 0) is 30.3 Å². The highest BCUT2D eigenvalue weighted by molar-refractivity contribution is 6.23. The highest BCUT2D eigenvalue weighted by atomic mass is 16.2. The van der Waals surface area contributed by atoms with Crippen molar-refractivity contribution >= 4 is 35.2 Å². The molecule has 0 aromatic heterocycles. The van der Waals surface area contributed by atoms with Crippen molar-refractivity contribution in [3.8, 4) is 0 Å². The van der Waals surface area contributed by atoms with Gasteiger partial charge in [-0.15, -0.1) is 0 Å². The number of hydrogen-bond acceptors (Lipinski definition) is 5. The molecule has 0 bridgehead atoms. The average molecular weight is 363 g/mol. The lowest BCUT2D eigenvalue weighted by molar-refractivity contribution is -0.116. The normalized spacial score (nSPS) is 15.3. The topological polar surface area (TPSA) is 104 Å². The van der Waals surface area contributed by atoms with Crippen molar-refractivity contribution in [3.05, 3.63) is 64.7 Å². The number of nitrogens with zero attached hydrogens (tertiary/aromatic N) is 2. The zero-order valence-electron chi connectivity index (χ0n) is 14.2. The molecule has 8 heteroatoms. The van der Waals surface area contributed by atoms with Crippen LogP contribution in [0.5, 0.6) is 0 Å². The van der Waals surface area contributed by atoms with E-state index in [1.807, 2.05) is 0 Å². The van der Waals surface area contributed by atoms with E-state index in [2.05, 4.69) is 5.32 Å². The van der Waals surface area contributed by atoms with Crippen molar-refractivity contribution in [1.29, 1.82) is 0 Å². The Morgan fingerprint density at radius 3 is 2.00 bits per heavy atom. The van der Waals surface area contributed by atoms with Crippen molar-refractivity contribution < 1.29 is 24.0 Å². The molecule has 4 rings (SSSR count). The first-order valence-electron chi connectivity index (χ1n) is 8.10. The summed E-state index contributed by atoms with van der Waals surface area (Å²) in [5, 5.41) is 2.55. The van der Waals surface area contributed by atoms with Gasteiger partial charge in [0.1, 0.15) is 6.54 Å². The first-order valence-corrected chi connectivity index (χ1v) is 8.10. The molecule has 0 radical (unpaired) electrons. The monoisotopic (exact) mass is 363 g/mol. The zero-order valence-corrected chi connectivity index (χ0v) is 14.2. The summed E-state index contributed by atoms with van der Waals surface area (Å²) in [5.74, 6) is -2.50. The number of amides is 5. The average Bonchev–Trinajstić information content (AvgIpc) is 3.03. The second-order valence-electron chi connectivity index (χ2n) is 6.22. The van der Waals surface area contributed by atoms with Crippen LogP contribution in [0.3, 0.4) is 0 Å². The first kappa shape index (κ1) is 16.6. The number of fused-ring (bicyclic) bond motifs is 2. The molecule has 0 spiro atoms. The van der Waals surface area contributed by atoms with Gasteiger partial charge in [-0.2, -0.15) is 0 Å². The Labute approximate surface area is 153 Å². The lowest BCUT2D eigenvalue weighted by Gasteiger charge is -2.13. The van der Waals surface area contributed by atoms with Crippen LogP contribution in [0.4, 0.5) is 5.69 Å². The largest absolute Gasteiger partial charge is 0.325 e. The van der Waals surface area contributed by atoms with Crippen LogP contribution in [0.2, 0.25) is 0 Å². The number of rotatable bonds is 3. The quantitative estimate of drug-likeness (QED) is 0.824. The number of anilines is 1. The summed E-state index contributed by atoms with van der Waals surface area (Å²) in [7, 11) is 1.38. The predicted molar refractivity (Wildman–Crippen MR) is 93.3 cm³/mol. The fourth-order valence-corrected chi connectivity index (χ4v) is 3.17. The fourth-order valence-electron chi connectivity index (χ4n) is 3.17. The first-order chi connectivity index (χ1) is 12.9. The van der Waals surface area contributed by atoms with Crippen LogP contribution in [0.25, 0.3) is 0 Å². The summed E-state index contributed by atoms with van der Waals surface area (Å²) < 4.78 is 0. The predicted octanol–water partition coefficient (Wildman–Crippen LogP) is 1.15. The van der Waals surface area contributed by atoms with Gasteiger partial charge < -0.3 is 5.32 Å². The highest BCUT2D eigenvalue weighted by Crippen LogP contribution is 2.25. The second kappa shape index (κ2) is 5.87. The molecule has 27 heavy (non-hydrogen) atoms. The number of nitrogens with one attached hydrogen (secondary N) is 1. The molecule has 1 N–H and O–H groups in total. The number of benzene rings is 2. The maximum atomic E-state index is 12.3. The maximum Gasteiger partial charge on any atom is 0.262 e. The van der Waals surface area contributed by atoms with Gasteiger partial charge in [-0.25, -0.2) is 0 Å². The SMILES string of the molecule is CN1C(=O)c2ccc(NC(=O)CN3C(=O)c4ccccc4C3=O)cc2C1=O. The second-order valence-corrected chi connectivity index (χ2v) is 6.22. The molecule has 0 aliphatic carbocycles. The number of carbonyl (C=O) groups is 5. The molecule has 2 aromatic carbocycles. The fraction of sp³-hybridized carbons (Fsp3) is 0.105. The zero-order chi connectivity index (χ0) is 19.3. The van der Waals surface area contributed by atoms with Crippen LogP contribution in [-0.2, 0) is 4.79 Å². The van der Waals surface area contributed by atoms with Crippen molar-refractivity contribution in [2.75, 3.05) is 18.9 Å². The standard InChI is InChI=1S/C19H13N3O5/c1-21-16(24)13-7-6-10(8-14(13)17(21)25)20-15(23)9-22-18(26)11-4-2-3-5-12(11)19(22)27/h2-8H,9H2,1H3,(H,20,23). The molecular weight excluding hydrogens is 350 g/mol. The van der Waals surface area contributed by atoms with Crippen LogP contribution in [0.15, 0.2) is 42.5 Å². The molecule has 0 atom stereocenters. The molecule has 8 nitrogen and oxygen atoms in total. The van der Waals surface area contributed by atoms with Gasteiger partial charge in [0.2, 0.25) is 5.91 Å². The van der Waals surface area contributed by atoms with Crippen LogP contribution in [0.1, 0.15) is 41.4 Å². The Morgan fingerprint density at radius 2 is 1.37 bits per heavy atom. The van der Waals surface area contributed by atoms with E-state index >= 15 is 0 Å². The van der Waals surface area contributed by atoms with E-state index in [0.29, 0.717) is 5.69 Å². The molecule has 0 unspecified atom stereocenters. The summed E-state index contributed by atoms with van der Waals surface area (Å²) in [5.41, 5.74) is 1.29. The van der Waals surface area contributed by atoms with Gasteiger partial charge in [0.05, 0.1) is 22.3 Å². The Balaban J connectivity index is 1.50. The lowest BCUT2D eigenvalue weighted by atomic mass is 10.1. The molecule has 0 saturated carbocycles. The summed E-state index contributed by atoms with van der Waals surface area (Å²) in [6.45, 7) is -0.448. The van der Waals surface area contributed by atoms with Gasteiger partial charge in [0.25, 0.3) is 23.6 Å². The Kier molecular flexibility index (Phi) is 3.62. The van der Waals surface area contributed by atoms with E-state index in [1.165, 1.54) is 37.4 Å². The summed E-state index contributed by atoms with van der Waals surface area (Å²) in [4.78, 5) is 62.7. The van der Waals surface area contributed by atoms with Gasteiger partial charge in [-0.3, -0.25) is 33.8 Å². The smallest absolute Gasteiger partial charge is 0.262 e. The maximum absolute atomic E-state index is 12.3. The van der Waals surface area contributed by atoms with E-state index in [-0.39, 0.29) is 22.3 Å². The minimum absolute atomic E-state index is 0.195. The number of hydrogen-bond donors (Lipinski definition) is 1. The molecule has 2 aliphatic heterocycles. The van der Waals surface area contributed by atoms with Crippen molar-refractivity contribution in [3.63, 3.8) is 0 Å². The third-order valence-electron chi connectivity index (χ3n) is 4.55. The van der Waals surface area contributed by atoms with Crippen LogP contribution in [-0.4, -0.2) is 52.9 Å². The summed E-state index contributed by atoms with van der Waals surface area (Å²) >= 11 is 0. The molecule has 134 valence electrons. The van der Waals surface area contributed by atoms with Crippen molar-refractivity contribution in [2.45, 2.75) is 0 Å². The van der Waals surface area contributed by atoms with Crippen molar-refractivity contribution in [1.82, 2.24) is 9.80 Å². The van der Waals surface area contributed by atoms with E-state index < -0.39 is 36.1 Å². The van der Waals surface area contributed by atoms with Crippen LogP contribution >= 0.6 is 0 Å². The third kappa shape index (κ3) is 2.50. The van der Waals surface area contributed by atoms with E-state index in [4.69, 9.17) is 0 Å². The molecule has 0 saturated heterocycles. The Hall–Kier alpha value is -3.81. The minimum Gasteiger partial charge on any atom is -0.325 e. The van der Waals surface area contributed by atoms with E-state index in [9.17, 15) is 24.0 Å². The molecular formula is C19H13N3O5.